The molecule has 1 aliphatic carbocycles. The van der Waals surface area contributed by atoms with Gasteiger partial charge in [0.25, 0.3) is 0 Å². The van der Waals surface area contributed by atoms with Crippen LogP contribution < -0.4 is 10.2 Å². The van der Waals surface area contributed by atoms with Crippen LogP contribution in [0.2, 0.25) is 0 Å². The fraction of sp³-hybridized carbons (Fsp3) is 0.370. The Hall–Kier alpha value is -4.06. The molecule has 184 valence electrons. The highest BCUT2D eigenvalue weighted by Gasteiger charge is 2.56. The minimum Gasteiger partial charge on any atom is -0.311 e. The van der Waals surface area contributed by atoms with Crippen molar-refractivity contribution in [2.75, 3.05) is 16.8 Å². The molecule has 2 amide bonds. The van der Waals surface area contributed by atoms with Crippen LogP contribution >= 0.6 is 0 Å². The van der Waals surface area contributed by atoms with Crippen molar-refractivity contribution in [2.45, 2.75) is 39.0 Å². The third-order valence-corrected chi connectivity index (χ3v) is 7.00. The Morgan fingerprint density at radius 1 is 1.25 bits per heavy atom. The monoisotopic (exact) mass is 486 g/mol. The molecule has 9 heteroatoms. The average molecular weight is 487 g/mol. The number of carbonyl (C=O) groups excluding carboxylic acids is 2. The van der Waals surface area contributed by atoms with Gasteiger partial charge in [-0.1, -0.05) is 13.0 Å². The summed E-state index contributed by atoms with van der Waals surface area (Å²) in [5.74, 6) is -0.486. The second-order valence-electron chi connectivity index (χ2n) is 9.60. The highest BCUT2D eigenvalue weighted by molar-refractivity contribution is 6.02. The van der Waals surface area contributed by atoms with E-state index in [1.165, 1.54) is 12.1 Å². The molecule has 3 heterocycles. The number of anilines is 2. The topological polar surface area (TPSA) is 104 Å². The number of nitrogens with one attached hydrogen (secondary N) is 1. The van der Waals surface area contributed by atoms with E-state index in [0.717, 1.165) is 24.1 Å². The number of hydrogen-bond donors (Lipinski definition) is 1. The largest absolute Gasteiger partial charge is 0.311 e. The van der Waals surface area contributed by atoms with Crippen molar-refractivity contribution in [1.29, 1.82) is 5.26 Å². The zero-order valence-electron chi connectivity index (χ0n) is 20.3. The number of pyridine rings is 1. The van der Waals surface area contributed by atoms with Gasteiger partial charge in [-0.05, 0) is 60.9 Å². The van der Waals surface area contributed by atoms with E-state index in [1.54, 1.807) is 41.2 Å². The smallest absolute Gasteiger partial charge is 0.247 e. The molecule has 1 saturated carbocycles. The molecule has 1 atom stereocenters. The molecule has 5 rings (SSSR count). The molecule has 8 nitrogen and oxygen atoms in total. The van der Waals surface area contributed by atoms with Crippen molar-refractivity contribution in [1.82, 2.24) is 14.8 Å². The summed E-state index contributed by atoms with van der Waals surface area (Å²) in [5, 5.41) is 16.7. The Kier molecular flexibility index (Phi) is 6.04. The molecule has 36 heavy (non-hydrogen) atoms. The fourth-order valence-electron chi connectivity index (χ4n) is 4.97. The van der Waals surface area contributed by atoms with Crippen molar-refractivity contribution in [2.24, 2.45) is 18.4 Å². The number of aromatic nitrogens is 3. The lowest BCUT2D eigenvalue weighted by molar-refractivity contribution is -0.123. The summed E-state index contributed by atoms with van der Waals surface area (Å²) in [6.07, 6.45) is 6.33. The average Bonchev–Trinajstić information content (AvgIpc) is 3.52. The Morgan fingerprint density at radius 3 is 2.72 bits per heavy atom. The summed E-state index contributed by atoms with van der Waals surface area (Å²) >= 11 is 0. The number of aryl methyl sites for hydroxylation is 2. The molecule has 0 unspecified atom stereocenters. The maximum atomic E-state index is 14.3. The molecule has 2 fully saturated rings. The van der Waals surface area contributed by atoms with Gasteiger partial charge in [-0.25, -0.2) is 9.37 Å². The van der Waals surface area contributed by atoms with Gasteiger partial charge in [0, 0.05) is 42.8 Å². The highest BCUT2D eigenvalue weighted by Crippen LogP contribution is 2.52. The summed E-state index contributed by atoms with van der Waals surface area (Å²) in [7, 11) is 1.78. The van der Waals surface area contributed by atoms with Crippen molar-refractivity contribution in [3.05, 3.63) is 59.8 Å². The van der Waals surface area contributed by atoms with Gasteiger partial charge in [-0.15, -0.1) is 0 Å². The molecule has 0 bridgehead atoms. The zero-order valence-corrected chi connectivity index (χ0v) is 20.3. The predicted molar refractivity (Wildman–Crippen MR) is 132 cm³/mol. The van der Waals surface area contributed by atoms with E-state index in [1.807, 2.05) is 13.0 Å². The summed E-state index contributed by atoms with van der Waals surface area (Å²) in [4.78, 5) is 32.3. The van der Waals surface area contributed by atoms with E-state index < -0.39 is 11.2 Å². The van der Waals surface area contributed by atoms with Crippen LogP contribution in [0.15, 0.2) is 42.7 Å². The summed E-state index contributed by atoms with van der Waals surface area (Å²) in [5.41, 5.74) is 2.34. The zero-order chi connectivity index (χ0) is 25.4. The standard InChI is InChI=1S/C27H27FN6O2/c1-3-22-12-23(34-7-6-27(16-29,26(34)36)20-4-5-20)13-24(31-22)32-25(35)10-17-8-18(11-21(28)9-17)19-14-30-33(2)15-19/h8-9,11-15,20H,3-7,10H2,1-2H3,(H,31,32,35)/t27-/m1/s1. The van der Waals surface area contributed by atoms with Gasteiger partial charge in [0.05, 0.1) is 18.7 Å². The van der Waals surface area contributed by atoms with E-state index in [0.29, 0.717) is 42.0 Å². The van der Waals surface area contributed by atoms with Crippen LogP contribution in [0.1, 0.15) is 37.4 Å². The number of benzene rings is 1. The fourth-order valence-corrected chi connectivity index (χ4v) is 4.97. The maximum Gasteiger partial charge on any atom is 0.247 e. The Bertz CT molecular complexity index is 1390. The first-order valence-electron chi connectivity index (χ1n) is 12.1. The van der Waals surface area contributed by atoms with Crippen LogP contribution in [0.3, 0.4) is 0 Å². The van der Waals surface area contributed by atoms with Crippen LogP contribution in [-0.2, 0) is 29.5 Å². The number of amides is 2. The molecular weight excluding hydrogens is 459 g/mol. The predicted octanol–water partition coefficient (Wildman–Crippen LogP) is 4.02. The molecule has 0 radical (unpaired) electrons. The van der Waals surface area contributed by atoms with Crippen LogP contribution in [0, 0.1) is 28.5 Å². The number of nitriles is 1. The second kappa shape index (κ2) is 9.19. The molecule has 2 aromatic heterocycles. The van der Waals surface area contributed by atoms with Crippen molar-refractivity contribution in [3.8, 4) is 17.2 Å². The van der Waals surface area contributed by atoms with Crippen molar-refractivity contribution in [3.63, 3.8) is 0 Å². The van der Waals surface area contributed by atoms with Crippen LogP contribution in [-0.4, -0.2) is 33.1 Å². The second-order valence-corrected chi connectivity index (χ2v) is 9.60. The van der Waals surface area contributed by atoms with E-state index in [4.69, 9.17) is 0 Å². The number of carbonyl (C=O) groups is 2. The molecule has 1 aromatic carbocycles. The third-order valence-electron chi connectivity index (χ3n) is 7.00. The lowest BCUT2D eigenvalue weighted by Crippen LogP contribution is -2.35. The van der Waals surface area contributed by atoms with E-state index in [9.17, 15) is 19.2 Å². The number of halogens is 1. The molecular formula is C27H27FN6O2. The SMILES string of the molecule is CCc1cc(N2CC[C@@](C#N)(C3CC3)C2=O)cc(NC(=O)Cc2cc(F)cc(-c3cnn(C)c3)c2)n1. The highest BCUT2D eigenvalue weighted by atomic mass is 19.1. The minimum absolute atomic E-state index is 0.0414. The molecule has 3 aromatic rings. The van der Waals surface area contributed by atoms with Crippen molar-refractivity contribution < 1.29 is 14.0 Å². The first kappa shape index (κ1) is 23.7. The molecule has 2 aliphatic rings. The quantitative estimate of drug-likeness (QED) is 0.543. The normalized spacial score (nSPS) is 19.4. The Balaban J connectivity index is 1.35. The van der Waals surface area contributed by atoms with E-state index >= 15 is 0 Å². The number of hydrogen-bond acceptors (Lipinski definition) is 5. The first-order chi connectivity index (χ1) is 17.3. The van der Waals surface area contributed by atoms with E-state index in [2.05, 4.69) is 21.5 Å². The van der Waals surface area contributed by atoms with Crippen molar-refractivity contribution >= 4 is 23.3 Å². The van der Waals surface area contributed by atoms with Gasteiger partial charge < -0.3 is 10.2 Å². The molecule has 1 aliphatic heterocycles. The third kappa shape index (κ3) is 4.47. The number of rotatable bonds is 7. The van der Waals surface area contributed by atoms with Gasteiger partial charge in [-0.2, -0.15) is 10.4 Å². The lowest BCUT2D eigenvalue weighted by Gasteiger charge is -2.22. The van der Waals surface area contributed by atoms with Crippen LogP contribution in [0.4, 0.5) is 15.9 Å². The summed E-state index contributed by atoms with van der Waals surface area (Å²) < 4.78 is 15.9. The summed E-state index contributed by atoms with van der Waals surface area (Å²) in [6, 6.07) is 10.3. The Morgan fingerprint density at radius 2 is 2.06 bits per heavy atom. The maximum absolute atomic E-state index is 14.3. The summed E-state index contributed by atoms with van der Waals surface area (Å²) in [6.45, 7) is 2.41. The van der Waals surface area contributed by atoms with Gasteiger partial charge >= 0.3 is 0 Å². The molecule has 1 N–H and O–H groups in total. The van der Waals surface area contributed by atoms with Crippen LogP contribution in [0.25, 0.3) is 11.1 Å². The molecule has 0 spiro atoms. The first-order valence-corrected chi connectivity index (χ1v) is 12.1. The van der Waals surface area contributed by atoms with Crippen LogP contribution in [0.5, 0.6) is 0 Å². The number of nitrogens with zero attached hydrogens (tertiary/aromatic N) is 5. The minimum atomic E-state index is -0.942. The Labute approximate surface area is 208 Å². The van der Waals surface area contributed by atoms with Gasteiger partial charge in [0.2, 0.25) is 11.8 Å². The molecule has 1 saturated heterocycles. The van der Waals surface area contributed by atoms with Gasteiger partial charge in [0.15, 0.2) is 0 Å². The lowest BCUT2D eigenvalue weighted by atomic mass is 9.83. The van der Waals surface area contributed by atoms with Gasteiger partial charge in [-0.3, -0.25) is 14.3 Å². The van der Waals surface area contributed by atoms with E-state index in [-0.39, 0.29) is 24.2 Å². The van der Waals surface area contributed by atoms with Gasteiger partial charge in [0.1, 0.15) is 17.1 Å².